The predicted octanol–water partition coefficient (Wildman–Crippen LogP) is 1.30. The molecule has 1 aromatic carbocycles. The maximum atomic E-state index is 12.9. The fourth-order valence-corrected chi connectivity index (χ4v) is 6.44. The van der Waals surface area contributed by atoms with Crippen LogP contribution in [0, 0.1) is 17.8 Å². The number of fused-ring (bicyclic) bond motifs is 3. The molecule has 0 N–H and O–H groups in total. The van der Waals surface area contributed by atoms with Crippen LogP contribution in [0.5, 0.6) is 5.75 Å². The summed E-state index contributed by atoms with van der Waals surface area (Å²) in [5.41, 5.74) is 0.0736. The molecule has 6 nitrogen and oxygen atoms in total. The van der Waals surface area contributed by atoms with E-state index in [1.807, 2.05) is 18.2 Å². The molecular weight excluding hydrogens is 354 g/mol. The van der Waals surface area contributed by atoms with Crippen molar-refractivity contribution in [2.45, 2.75) is 24.9 Å². The molecule has 138 valence electrons. The van der Waals surface area contributed by atoms with Gasteiger partial charge in [-0.15, -0.1) is 0 Å². The highest BCUT2D eigenvalue weighted by atomic mass is 32.2. The second kappa shape index (κ2) is 5.31. The van der Waals surface area contributed by atoms with Gasteiger partial charge in [0.1, 0.15) is 11.4 Å². The number of carbonyl (C=O) groups is 2. The average Bonchev–Trinajstić information content (AvgIpc) is 3.25. The number of amides is 1. The highest BCUT2D eigenvalue weighted by Crippen LogP contribution is 2.66. The first kappa shape index (κ1) is 16.3. The van der Waals surface area contributed by atoms with Crippen LogP contribution in [0.4, 0.5) is 0 Å². The predicted molar refractivity (Wildman–Crippen MR) is 93.7 cm³/mol. The highest BCUT2D eigenvalue weighted by molar-refractivity contribution is 7.91. The molecule has 1 spiro atoms. The van der Waals surface area contributed by atoms with E-state index in [0.29, 0.717) is 17.7 Å². The second-order valence-electron chi connectivity index (χ2n) is 7.99. The van der Waals surface area contributed by atoms with Crippen molar-refractivity contribution in [2.75, 3.05) is 24.6 Å². The van der Waals surface area contributed by atoms with Crippen LogP contribution >= 0.6 is 0 Å². The van der Waals surface area contributed by atoms with Gasteiger partial charge in [-0.25, -0.2) is 8.42 Å². The van der Waals surface area contributed by atoms with Crippen molar-refractivity contribution < 1.29 is 22.7 Å². The number of ketones is 1. The lowest BCUT2D eigenvalue weighted by Crippen LogP contribution is -2.47. The number of sulfone groups is 1. The zero-order chi connectivity index (χ0) is 18.1. The number of hydrogen-bond donors (Lipinski definition) is 0. The Morgan fingerprint density at radius 1 is 1.19 bits per heavy atom. The van der Waals surface area contributed by atoms with Crippen LogP contribution in [0.15, 0.2) is 24.3 Å². The molecule has 2 aliphatic heterocycles. The maximum absolute atomic E-state index is 12.9. The Morgan fingerprint density at radius 3 is 2.69 bits per heavy atom. The summed E-state index contributed by atoms with van der Waals surface area (Å²) in [7, 11) is -3.00. The maximum Gasteiger partial charge on any atom is 0.226 e. The Balaban J connectivity index is 1.36. The summed E-state index contributed by atoms with van der Waals surface area (Å²) >= 11 is 0. The second-order valence-corrected chi connectivity index (χ2v) is 10.3. The van der Waals surface area contributed by atoms with Crippen LogP contribution in [0.3, 0.4) is 0 Å². The zero-order valence-corrected chi connectivity index (χ0v) is 15.2. The molecule has 2 saturated carbocycles. The van der Waals surface area contributed by atoms with E-state index in [9.17, 15) is 18.0 Å². The minimum absolute atomic E-state index is 0.0453. The topological polar surface area (TPSA) is 80.8 Å². The van der Waals surface area contributed by atoms with Gasteiger partial charge < -0.3 is 9.64 Å². The SMILES string of the molecule is O=C1C[C@]2(CC[C@@H]3[C@@H](C(=O)N4CCS(=O)(=O)CC4)[C@@H]32)Oc2ccccc21. The molecule has 4 atom stereocenters. The van der Waals surface area contributed by atoms with Gasteiger partial charge in [0.05, 0.1) is 23.5 Å². The van der Waals surface area contributed by atoms with Crippen LogP contribution < -0.4 is 4.74 Å². The van der Waals surface area contributed by atoms with E-state index >= 15 is 0 Å². The van der Waals surface area contributed by atoms with E-state index in [1.54, 1.807) is 11.0 Å². The summed E-state index contributed by atoms with van der Waals surface area (Å²) in [5.74, 6) is 1.08. The molecule has 1 amide bonds. The quantitative estimate of drug-likeness (QED) is 0.739. The summed E-state index contributed by atoms with van der Waals surface area (Å²) in [5, 5.41) is 0. The summed E-state index contributed by atoms with van der Waals surface area (Å²) in [6, 6.07) is 7.32. The molecule has 0 bridgehead atoms. The van der Waals surface area contributed by atoms with Crippen LogP contribution in [0.25, 0.3) is 0 Å². The zero-order valence-electron chi connectivity index (χ0n) is 14.4. The summed E-state index contributed by atoms with van der Waals surface area (Å²) in [6.45, 7) is 0.569. The first-order valence-corrected chi connectivity index (χ1v) is 11.0. The molecule has 2 heterocycles. The van der Waals surface area contributed by atoms with E-state index in [4.69, 9.17) is 4.74 Å². The normalized spacial score (nSPS) is 37.0. The summed E-state index contributed by atoms with van der Waals surface area (Å²) in [6.07, 6.45) is 2.03. The van der Waals surface area contributed by atoms with Crippen molar-refractivity contribution >= 4 is 21.5 Å². The van der Waals surface area contributed by atoms with E-state index in [-0.39, 0.29) is 54.0 Å². The standard InChI is InChI=1S/C19H21NO5S/c21-14-11-19(25-15-4-2-1-3-12(14)15)6-5-13-16(17(13)19)18(22)20-7-9-26(23,24)10-8-20/h1-4,13,16-17H,5-11H2/t13-,16-,17-,19+/m1/s1. The Bertz CT molecular complexity index is 896. The molecule has 0 unspecified atom stereocenters. The minimum Gasteiger partial charge on any atom is -0.486 e. The number of rotatable bonds is 1. The Morgan fingerprint density at radius 2 is 1.92 bits per heavy atom. The number of Topliss-reactive ketones (excluding diaryl/α,β-unsaturated/α-hetero) is 1. The molecule has 4 aliphatic rings. The lowest BCUT2D eigenvalue weighted by Gasteiger charge is -2.37. The van der Waals surface area contributed by atoms with Crippen molar-refractivity contribution in [2.24, 2.45) is 17.8 Å². The number of carbonyl (C=O) groups excluding carboxylic acids is 2. The van der Waals surface area contributed by atoms with Gasteiger partial charge in [0.25, 0.3) is 0 Å². The lowest BCUT2D eigenvalue weighted by molar-refractivity contribution is -0.134. The van der Waals surface area contributed by atoms with Crippen LogP contribution in [0.2, 0.25) is 0 Å². The van der Waals surface area contributed by atoms with Crippen LogP contribution in [-0.2, 0) is 14.6 Å². The molecule has 2 aliphatic carbocycles. The first-order chi connectivity index (χ1) is 12.4. The van der Waals surface area contributed by atoms with Crippen LogP contribution in [0.1, 0.15) is 29.6 Å². The minimum atomic E-state index is -3.00. The van der Waals surface area contributed by atoms with Crippen molar-refractivity contribution in [3.63, 3.8) is 0 Å². The largest absolute Gasteiger partial charge is 0.486 e. The average molecular weight is 375 g/mol. The molecule has 5 rings (SSSR count). The Hall–Kier alpha value is -1.89. The molecular formula is C19H21NO5S. The van der Waals surface area contributed by atoms with Gasteiger partial charge >= 0.3 is 0 Å². The smallest absolute Gasteiger partial charge is 0.226 e. The molecule has 0 radical (unpaired) electrons. The Labute approximate surface area is 152 Å². The molecule has 0 aromatic heterocycles. The van der Waals surface area contributed by atoms with Crippen molar-refractivity contribution in [1.82, 2.24) is 4.90 Å². The van der Waals surface area contributed by atoms with Gasteiger partial charge in [-0.05, 0) is 30.9 Å². The van der Waals surface area contributed by atoms with Gasteiger partial charge in [-0.1, -0.05) is 12.1 Å². The number of nitrogens with zero attached hydrogens (tertiary/aromatic N) is 1. The highest BCUT2D eigenvalue weighted by Gasteiger charge is 2.71. The third-order valence-electron chi connectivity index (χ3n) is 6.58. The van der Waals surface area contributed by atoms with Gasteiger partial charge in [-0.2, -0.15) is 0 Å². The number of para-hydroxylation sites is 1. The van der Waals surface area contributed by atoms with Crippen molar-refractivity contribution in [1.29, 1.82) is 0 Å². The number of benzene rings is 1. The molecule has 26 heavy (non-hydrogen) atoms. The fourth-order valence-electron chi connectivity index (χ4n) is 5.24. The van der Waals surface area contributed by atoms with Gasteiger partial charge in [0.15, 0.2) is 15.6 Å². The fraction of sp³-hybridized carbons (Fsp3) is 0.579. The van der Waals surface area contributed by atoms with Gasteiger partial charge in [0.2, 0.25) is 5.91 Å². The van der Waals surface area contributed by atoms with E-state index in [2.05, 4.69) is 0 Å². The number of ether oxygens (including phenoxy) is 1. The van der Waals surface area contributed by atoms with Crippen molar-refractivity contribution in [3.8, 4) is 5.75 Å². The molecule has 7 heteroatoms. The van der Waals surface area contributed by atoms with Crippen LogP contribution in [-0.4, -0.2) is 55.2 Å². The van der Waals surface area contributed by atoms with Gasteiger partial charge in [-0.3, -0.25) is 9.59 Å². The van der Waals surface area contributed by atoms with Crippen molar-refractivity contribution in [3.05, 3.63) is 29.8 Å². The lowest BCUT2D eigenvalue weighted by atomic mass is 9.84. The van der Waals surface area contributed by atoms with E-state index in [1.165, 1.54) is 0 Å². The third kappa shape index (κ3) is 2.32. The Kier molecular flexibility index (Phi) is 3.33. The number of hydrogen-bond acceptors (Lipinski definition) is 5. The van der Waals surface area contributed by atoms with Gasteiger partial charge in [0, 0.05) is 24.9 Å². The molecule has 1 saturated heterocycles. The van der Waals surface area contributed by atoms with E-state index < -0.39 is 15.4 Å². The molecule has 1 aromatic rings. The third-order valence-corrected chi connectivity index (χ3v) is 8.19. The van der Waals surface area contributed by atoms with E-state index in [0.717, 1.165) is 12.8 Å². The summed E-state index contributed by atoms with van der Waals surface area (Å²) in [4.78, 5) is 27.2. The summed E-state index contributed by atoms with van der Waals surface area (Å²) < 4.78 is 29.5. The monoisotopic (exact) mass is 375 g/mol. The first-order valence-electron chi connectivity index (χ1n) is 9.21. The molecule has 3 fully saturated rings.